The zero-order valence-electron chi connectivity index (χ0n) is 10.7. The number of rotatable bonds is 3. The molecule has 0 aliphatic heterocycles. The van der Waals surface area contributed by atoms with Crippen LogP contribution in [-0.4, -0.2) is 12.1 Å². The second-order valence-electron chi connectivity index (χ2n) is 6.47. The molecule has 0 aromatic heterocycles. The van der Waals surface area contributed by atoms with E-state index in [1.54, 1.807) is 0 Å². The van der Waals surface area contributed by atoms with Crippen molar-refractivity contribution >= 4 is 0 Å². The molecule has 3 unspecified atom stereocenters. The Morgan fingerprint density at radius 1 is 1.20 bits per heavy atom. The maximum Gasteiger partial charge on any atom is 0.0102 e. The van der Waals surface area contributed by atoms with Crippen LogP contribution in [0.25, 0.3) is 0 Å². The minimum atomic E-state index is 0.601. The van der Waals surface area contributed by atoms with E-state index in [0.29, 0.717) is 5.41 Å². The van der Waals surface area contributed by atoms with E-state index in [0.717, 1.165) is 18.0 Å². The van der Waals surface area contributed by atoms with Crippen LogP contribution in [0.3, 0.4) is 0 Å². The fourth-order valence-electron chi connectivity index (χ4n) is 3.03. The lowest BCUT2D eigenvalue weighted by molar-refractivity contribution is 0.309. The van der Waals surface area contributed by atoms with Crippen molar-refractivity contribution in [1.29, 1.82) is 0 Å². The van der Waals surface area contributed by atoms with E-state index in [1.165, 1.54) is 44.9 Å². The molecule has 1 heteroatoms. The van der Waals surface area contributed by atoms with Gasteiger partial charge in [0.2, 0.25) is 0 Å². The molecule has 2 rings (SSSR count). The summed E-state index contributed by atoms with van der Waals surface area (Å²) in [7, 11) is 0. The Hall–Kier alpha value is -0.0400. The molecule has 0 spiro atoms. The second-order valence-corrected chi connectivity index (χ2v) is 6.47. The van der Waals surface area contributed by atoms with Crippen LogP contribution in [0.2, 0.25) is 0 Å². The molecule has 88 valence electrons. The first kappa shape index (κ1) is 11.4. The third-order valence-electron chi connectivity index (χ3n) is 4.47. The summed E-state index contributed by atoms with van der Waals surface area (Å²) in [6.45, 7) is 7.19. The Kier molecular flexibility index (Phi) is 3.39. The van der Waals surface area contributed by atoms with Crippen LogP contribution in [0.4, 0.5) is 0 Å². The van der Waals surface area contributed by atoms with Crippen molar-refractivity contribution in [2.45, 2.75) is 77.8 Å². The average molecular weight is 209 g/mol. The second kappa shape index (κ2) is 4.45. The molecule has 0 aromatic carbocycles. The van der Waals surface area contributed by atoms with Crippen LogP contribution in [0.15, 0.2) is 0 Å². The fraction of sp³-hybridized carbons (Fsp3) is 1.00. The van der Waals surface area contributed by atoms with Crippen molar-refractivity contribution in [3.63, 3.8) is 0 Å². The maximum atomic E-state index is 3.87. The van der Waals surface area contributed by atoms with Gasteiger partial charge in [-0.3, -0.25) is 0 Å². The smallest absolute Gasteiger partial charge is 0.0102 e. The molecule has 2 fully saturated rings. The van der Waals surface area contributed by atoms with E-state index in [1.807, 2.05) is 0 Å². The van der Waals surface area contributed by atoms with Crippen LogP contribution in [0, 0.1) is 11.3 Å². The van der Waals surface area contributed by atoms with Crippen molar-refractivity contribution in [2.75, 3.05) is 0 Å². The zero-order chi connectivity index (χ0) is 10.9. The number of hydrogen-bond donors (Lipinski definition) is 1. The van der Waals surface area contributed by atoms with Crippen molar-refractivity contribution in [2.24, 2.45) is 11.3 Å². The topological polar surface area (TPSA) is 12.0 Å². The monoisotopic (exact) mass is 209 g/mol. The fourth-order valence-corrected chi connectivity index (χ4v) is 3.03. The maximum absolute atomic E-state index is 3.87. The summed E-state index contributed by atoms with van der Waals surface area (Å²) in [5, 5.41) is 3.87. The molecule has 3 atom stereocenters. The van der Waals surface area contributed by atoms with Crippen LogP contribution in [0.5, 0.6) is 0 Å². The van der Waals surface area contributed by atoms with E-state index >= 15 is 0 Å². The van der Waals surface area contributed by atoms with Gasteiger partial charge in [-0.05, 0) is 43.4 Å². The molecule has 0 aromatic rings. The van der Waals surface area contributed by atoms with Crippen LogP contribution in [-0.2, 0) is 0 Å². The quantitative estimate of drug-likeness (QED) is 0.698. The van der Waals surface area contributed by atoms with Crippen LogP contribution in [0.1, 0.15) is 65.7 Å². The Labute approximate surface area is 95.0 Å². The molecule has 0 heterocycles. The molecule has 0 bridgehead atoms. The average Bonchev–Trinajstić information content (AvgIpc) is 2.93. The number of hydrogen-bond acceptors (Lipinski definition) is 1. The molecule has 1 nitrogen and oxygen atoms in total. The summed E-state index contributed by atoms with van der Waals surface area (Å²) in [5.74, 6) is 1.00. The molecule has 2 aliphatic carbocycles. The largest absolute Gasteiger partial charge is 0.311 e. The summed E-state index contributed by atoms with van der Waals surface area (Å²) in [6, 6.07) is 1.70. The number of nitrogens with one attached hydrogen (secondary N) is 1. The first-order valence-corrected chi connectivity index (χ1v) is 6.87. The van der Waals surface area contributed by atoms with Gasteiger partial charge in [-0.15, -0.1) is 0 Å². The van der Waals surface area contributed by atoms with Crippen LogP contribution >= 0.6 is 0 Å². The van der Waals surface area contributed by atoms with E-state index in [9.17, 15) is 0 Å². The highest BCUT2D eigenvalue weighted by Crippen LogP contribution is 2.37. The minimum Gasteiger partial charge on any atom is -0.311 e. The van der Waals surface area contributed by atoms with Crippen molar-refractivity contribution in [3.8, 4) is 0 Å². The molecule has 1 N–H and O–H groups in total. The predicted molar refractivity (Wildman–Crippen MR) is 66.0 cm³/mol. The minimum absolute atomic E-state index is 0.601. The summed E-state index contributed by atoms with van der Waals surface area (Å²) in [4.78, 5) is 0. The Bertz CT molecular complexity index is 209. The molecule has 0 amide bonds. The lowest BCUT2D eigenvalue weighted by atomic mass is 9.85. The van der Waals surface area contributed by atoms with Crippen LogP contribution < -0.4 is 5.32 Å². The standard InChI is InChI=1S/C14H27N/c1-4-11-10-13(11)15-12-6-5-8-14(2,3)9-7-12/h11-13,15H,4-10H2,1-3H3. The van der Waals surface area contributed by atoms with Crippen molar-refractivity contribution < 1.29 is 0 Å². The van der Waals surface area contributed by atoms with Gasteiger partial charge in [0, 0.05) is 12.1 Å². The van der Waals surface area contributed by atoms with Gasteiger partial charge in [-0.2, -0.15) is 0 Å². The van der Waals surface area contributed by atoms with E-state index in [4.69, 9.17) is 0 Å². The van der Waals surface area contributed by atoms with Gasteiger partial charge in [0.15, 0.2) is 0 Å². The van der Waals surface area contributed by atoms with Gasteiger partial charge in [0.1, 0.15) is 0 Å². The molecule has 0 radical (unpaired) electrons. The highest BCUT2D eigenvalue weighted by Gasteiger charge is 2.37. The lowest BCUT2D eigenvalue weighted by Crippen LogP contribution is -2.31. The first-order valence-electron chi connectivity index (χ1n) is 6.87. The lowest BCUT2D eigenvalue weighted by Gasteiger charge is -2.22. The van der Waals surface area contributed by atoms with Gasteiger partial charge in [-0.25, -0.2) is 0 Å². The van der Waals surface area contributed by atoms with Gasteiger partial charge < -0.3 is 5.32 Å². The first-order chi connectivity index (χ1) is 7.11. The van der Waals surface area contributed by atoms with Crippen molar-refractivity contribution in [1.82, 2.24) is 5.32 Å². The van der Waals surface area contributed by atoms with E-state index in [-0.39, 0.29) is 0 Å². The zero-order valence-corrected chi connectivity index (χ0v) is 10.7. The SMILES string of the molecule is CCC1CC1NC1CCCC(C)(C)CC1. The molecule has 2 aliphatic rings. The molecule has 0 saturated heterocycles. The normalized spacial score (nSPS) is 39.8. The van der Waals surface area contributed by atoms with Crippen molar-refractivity contribution in [3.05, 3.63) is 0 Å². The highest BCUT2D eigenvalue weighted by atomic mass is 15.0. The molecular weight excluding hydrogens is 182 g/mol. The Morgan fingerprint density at radius 2 is 2.00 bits per heavy atom. The van der Waals surface area contributed by atoms with Gasteiger partial charge >= 0.3 is 0 Å². The van der Waals surface area contributed by atoms with Gasteiger partial charge in [0.05, 0.1) is 0 Å². The predicted octanol–water partition coefficient (Wildman–Crippen LogP) is 3.73. The van der Waals surface area contributed by atoms with Gasteiger partial charge in [-0.1, -0.05) is 33.6 Å². The summed E-state index contributed by atoms with van der Waals surface area (Å²) in [5.41, 5.74) is 0.601. The summed E-state index contributed by atoms with van der Waals surface area (Å²) in [6.07, 6.45) is 9.89. The Morgan fingerprint density at radius 3 is 2.67 bits per heavy atom. The van der Waals surface area contributed by atoms with Gasteiger partial charge in [0.25, 0.3) is 0 Å². The summed E-state index contributed by atoms with van der Waals surface area (Å²) < 4.78 is 0. The van der Waals surface area contributed by atoms with E-state index < -0.39 is 0 Å². The molecule has 15 heavy (non-hydrogen) atoms. The Balaban J connectivity index is 1.75. The molecular formula is C14H27N. The third kappa shape index (κ3) is 3.21. The highest BCUT2D eigenvalue weighted by molar-refractivity contribution is 4.94. The molecule has 2 saturated carbocycles. The van der Waals surface area contributed by atoms with E-state index in [2.05, 4.69) is 26.1 Å². The third-order valence-corrected chi connectivity index (χ3v) is 4.47. The summed E-state index contributed by atoms with van der Waals surface area (Å²) >= 11 is 0.